The lowest BCUT2D eigenvalue weighted by Gasteiger charge is -2.21. The molecule has 5 nitrogen and oxygen atoms in total. The number of pyridine rings is 1. The van der Waals surface area contributed by atoms with Gasteiger partial charge in [-0.3, -0.25) is 4.79 Å². The molecule has 0 bridgehead atoms. The largest absolute Gasteiger partial charge is 0.391 e. The average Bonchev–Trinajstić information content (AvgIpc) is 3.18. The summed E-state index contributed by atoms with van der Waals surface area (Å²) >= 11 is 0. The number of anilines is 1. The first kappa shape index (κ1) is 18.4. The molecule has 0 radical (unpaired) electrons. The fraction of sp³-hybridized carbons (Fsp3) is 0.304. The van der Waals surface area contributed by atoms with Gasteiger partial charge in [0.25, 0.3) is 5.91 Å². The van der Waals surface area contributed by atoms with Gasteiger partial charge in [-0.05, 0) is 30.5 Å². The highest BCUT2D eigenvalue weighted by Gasteiger charge is 2.24. The SMILES string of the molecule is CCC(NC(=O)c1cc(N2CC[C@H](O)C2)nc2ccccc12)c1ccccc1. The molecular weight excluding hydrogens is 350 g/mol. The van der Waals surface area contributed by atoms with Crippen molar-refractivity contribution in [2.45, 2.75) is 31.9 Å². The zero-order chi connectivity index (χ0) is 19.5. The standard InChI is InChI=1S/C23H25N3O2/c1-2-20(16-8-4-3-5-9-16)25-23(28)19-14-22(26-13-12-17(27)15-26)24-21-11-7-6-10-18(19)21/h3-11,14,17,20,27H,2,12-13,15H2,1H3,(H,25,28)/t17-,20?/m0/s1. The second-order valence-electron chi connectivity index (χ2n) is 7.28. The van der Waals surface area contributed by atoms with Gasteiger partial charge in [0.15, 0.2) is 0 Å². The van der Waals surface area contributed by atoms with Crippen molar-refractivity contribution in [2.75, 3.05) is 18.0 Å². The van der Waals surface area contributed by atoms with Crippen LogP contribution in [0.3, 0.4) is 0 Å². The van der Waals surface area contributed by atoms with Crippen molar-refractivity contribution < 1.29 is 9.90 Å². The Balaban J connectivity index is 1.69. The number of hydrogen-bond donors (Lipinski definition) is 2. The van der Waals surface area contributed by atoms with Gasteiger partial charge in [0.05, 0.1) is 23.2 Å². The van der Waals surface area contributed by atoms with Crippen molar-refractivity contribution in [2.24, 2.45) is 0 Å². The van der Waals surface area contributed by atoms with E-state index in [1.165, 1.54) is 0 Å². The van der Waals surface area contributed by atoms with Crippen LogP contribution in [-0.2, 0) is 0 Å². The number of amides is 1. The van der Waals surface area contributed by atoms with E-state index < -0.39 is 0 Å². The van der Waals surface area contributed by atoms with Gasteiger partial charge in [-0.2, -0.15) is 0 Å². The molecule has 2 N–H and O–H groups in total. The van der Waals surface area contributed by atoms with E-state index in [1.807, 2.05) is 65.6 Å². The van der Waals surface area contributed by atoms with E-state index in [4.69, 9.17) is 4.98 Å². The Morgan fingerprint density at radius 1 is 1.21 bits per heavy atom. The van der Waals surface area contributed by atoms with Gasteiger partial charge in [-0.15, -0.1) is 0 Å². The maximum atomic E-state index is 13.2. The molecule has 0 aliphatic carbocycles. The number of carbonyl (C=O) groups excluding carboxylic acids is 1. The van der Waals surface area contributed by atoms with E-state index in [0.29, 0.717) is 12.1 Å². The van der Waals surface area contributed by atoms with Crippen LogP contribution in [0.1, 0.15) is 41.7 Å². The third-order valence-electron chi connectivity index (χ3n) is 5.35. The van der Waals surface area contributed by atoms with Crippen LogP contribution < -0.4 is 10.2 Å². The van der Waals surface area contributed by atoms with Gasteiger partial charge in [0, 0.05) is 18.5 Å². The number of carbonyl (C=O) groups is 1. The Labute approximate surface area is 165 Å². The summed E-state index contributed by atoms with van der Waals surface area (Å²) in [5.74, 6) is 0.642. The number of nitrogens with one attached hydrogen (secondary N) is 1. The predicted molar refractivity (Wildman–Crippen MR) is 112 cm³/mol. The number of β-amino-alcohol motifs (C(OH)–C–C–N with tert-alkyl or cyclic N) is 1. The molecule has 1 fully saturated rings. The number of nitrogens with zero attached hydrogens (tertiary/aromatic N) is 2. The van der Waals surface area contributed by atoms with Crippen molar-refractivity contribution in [3.8, 4) is 0 Å². The van der Waals surface area contributed by atoms with E-state index >= 15 is 0 Å². The summed E-state index contributed by atoms with van der Waals surface area (Å²) in [7, 11) is 0. The molecule has 2 atom stereocenters. The zero-order valence-electron chi connectivity index (χ0n) is 16.0. The van der Waals surface area contributed by atoms with Crippen LogP contribution in [0.2, 0.25) is 0 Å². The van der Waals surface area contributed by atoms with Crippen LogP contribution >= 0.6 is 0 Å². The number of benzene rings is 2. The van der Waals surface area contributed by atoms with Crippen molar-refractivity contribution >= 4 is 22.6 Å². The van der Waals surface area contributed by atoms with Crippen molar-refractivity contribution in [1.29, 1.82) is 0 Å². The molecule has 28 heavy (non-hydrogen) atoms. The van der Waals surface area contributed by atoms with Crippen LogP contribution in [0.25, 0.3) is 10.9 Å². The van der Waals surface area contributed by atoms with Crippen molar-refractivity contribution in [3.63, 3.8) is 0 Å². The zero-order valence-corrected chi connectivity index (χ0v) is 16.0. The second kappa shape index (κ2) is 7.98. The van der Waals surface area contributed by atoms with Gasteiger partial charge in [-0.1, -0.05) is 55.5 Å². The van der Waals surface area contributed by atoms with Gasteiger partial charge < -0.3 is 15.3 Å². The number of para-hydroxylation sites is 1. The number of aliphatic hydroxyl groups is 1. The van der Waals surface area contributed by atoms with E-state index in [1.54, 1.807) is 0 Å². The van der Waals surface area contributed by atoms with Crippen molar-refractivity contribution in [3.05, 3.63) is 71.8 Å². The van der Waals surface area contributed by atoms with Crippen LogP contribution in [0, 0.1) is 0 Å². The molecule has 1 saturated heterocycles. The van der Waals surface area contributed by atoms with Crippen LogP contribution in [0.5, 0.6) is 0 Å². The summed E-state index contributed by atoms with van der Waals surface area (Å²) < 4.78 is 0. The normalized spacial score (nSPS) is 17.6. The molecule has 1 unspecified atom stereocenters. The molecule has 5 heteroatoms. The Kier molecular flexibility index (Phi) is 5.26. The molecule has 1 amide bonds. The molecule has 1 aromatic heterocycles. The highest BCUT2D eigenvalue weighted by atomic mass is 16.3. The summed E-state index contributed by atoms with van der Waals surface area (Å²) in [6.07, 6.45) is 1.19. The first-order valence-corrected chi connectivity index (χ1v) is 9.84. The Hall–Kier alpha value is -2.92. The Morgan fingerprint density at radius 2 is 1.96 bits per heavy atom. The lowest BCUT2D eigenvalue weighted by atomic mass is 10.0. The smallest absolute Gasteiger partial charge is 0.252 e. The molecule has 3 aromatic rings. The quantitative estimate of drug-likeness (QED) is 0.714. The fourth-order valence-corrected chi connectivity index (χ4v) is 3.80. The molecule has 0 saturated carbocycles. The molecule has 1 aliphatic heterocycles. The molecule has 1 aliphatic rings. The van der Waals surface area contributed by atoms with Gasteiger partial charge in [-0.25, -0.2) is 4.98 Å². The minimum Gasteiger partial charge on any atom is -0.391 e. The number of aliphatic hydroxyl groups excluding tert-OH is 1. The van der Waals surface area contributed by atoms with Gasteiger partial charge in [0.1, 0.15) is 5.82 Å². The maximum Gasteiger partial charge on any atom is 0.252 e. The molecule has 4 rings (SSSR count). The monoisotopic (exact) mass is 375 g/mol. The maximum absolute atomic E-state index is 13.2. The molecule has 0 spiro atoms. The summed E-state index contributed by atoms with van der Waals surface area (Å²) in [5.41, 5.74) is 2.51. The lowest BCUT2D eigenvalue weighted by molar-refractivity contribution is 0.0937. The fourth-order valence-electron chi connectivity index (χ4n) is 3.80. The first-order chi connectivity index (χ1) is 13.7. The second-order valence-corrected chi connectivity index (χ2v) is 7.28. The number of aromatic nitrogens is 1. The van der Waals surface area contributed by atoms with E-state index in [9.17, 15) is 9.90 Å². The number of rotatable bonds is 5. The Bertz CT molecular complexity index is 974. The molecule has 2 aromatic carbocycles. The van der Waals surface area contributed by atoms with E-state index in [-0.39, 0.29) is 18.1 Å². The van der Waals surface area contributed by atoms with Crippen molar-refractivity contribution in [1.82, 2.24) is 10.3 Å². The topological polar surface area (TPSA) is 65.5 Å². The minimum absolute atomic E-state index is 0.0438. The first-order valence-electron chi connectivity index (χ1n) is 9.84. The highest BCUT2D eigenvalue weighted by molar-refractivity contribution is 6.07. The summed E-state index contributed by atoms with van der Waals surface area (Å²) in [5, 5.41) is 13.9. The summed E-state index contributed by atoms with van der Waals surface area (Å²) in [4.78, 5) is 20.0. The Morgan fingerprint density at radius 3 is 2.68 bits per heavy atom. The molecular formula is C23H25N3O2. The summed E-state index contributed by atoms with van der Waals surface area (Å²) in [6, 6.07) is 19.6. The molecule has 2 heterocycles. The highest BCUT2D eigenvalue weighted by Crippen LogP contribution is 2.26. The van der Waals surface area contributed by atoms with Crippen LogP contribution in [0.4, 0.5) is 5.82 Å². The van der Waals surface area contributed by atoms with E-state index in [2.05, 4.69) is 12.2 Å². The van der Waals surface area contributed by atoms with E-state index in [0.717, 1.165) is 41.7 Å². The summed E-state index contributed by atoms with van der Waals surface area (Å²) in [6.45, 7) is 3.36. The van der Waals surface area contributed by atoms with Crippen LogP contribution in [-0.4, -0.2) is 35.2 Å². The van der Waals surface area contributed by atoms with Crippen LogP contribution in [0.15, 0.2) is 60.7 Å². The van der Waals surface area contributed by atoms with Gasteiger partial charge >= 0.3 is 0 Å². The molecule has 144 valence electrons. The minimum atomic E-state index is -0.340. The number of fused-ring (bicyclic) bond motifs is 1. The third-order valence-corrected chi connectivity index (χ3v) is 5.35. The third kappa shape index (κ3) is 3.71. The number of hydrogen-bond acceptors (Lipinski definition) is 4. The average molecular weight is 375 g/mol. The van der Waals surface area contributed by atoms with Gasteiger partial charge in [0.2, 0.25) is 0 Å². The lowest BCUT2D eigenvalue weighted by Crippen LogP contribution is -2.29. The predicted octanol–water partition coefficient (Wildman–Crippen LogP) is 3.69.